The van der Waals surface area contributed by atoms with E-state index in [-0.39, 0.29) is 41.5 Å². The predicted molar refractivity (Wildman–Crippen MR) is 78.0 cm³/mol. The number of nitrogens with zero attached hydrogens (tertiary/aromatic N) is 2. The van der Waals surface area contributed by atoms with Crippen LogP contribution < -0.4 is 5.73 Å². The van der Waals surface area contributed by atoms with E-state index >= 15 is 0 Å². The molecule has 2 rings (SSSR count). The number of carbonyl (C=O) groups is 1. The first kappa shape index (κ1) is 16.4. The van der Waals surface area contributed by atoms with Gasteiger partial charge in [0.05, 0.1) is 4.92 Å². The number of nitro groups is 1. The Balaban J connectivity index is 0.00000200. The van der Waals surface area contributed by atoms with Crippen LogP contribution in [0.4, 0.5) is 5.69 Å². The number of nitrogens with two attached hydrogens (primary N) is 1. The van der Waals surface area contributed by atoms with E-state index in [0.717, 1.165) is 6.42 Å². The maximum Gasteiger partial charge on any atom is 0.282 e. The number of nitro benzene ring substituents is 1. The molecule has 1 aromatic carbocycles. The second kappa shape index (κ2) is 6.67. The van der Waals surface area contributed by atoms with Gasteiger partial charge in [-0.1, -0.05) is 19.1 Å². The summed E-state index contributed by atoms with van der Waals surface area (Å²) in [5.41, 5.74) is 5.92. The van der Waals surface area contributed by atoms with Crippen LogP contribution in [0.1, 0.15) is 23.7 Å². The van der Waals surface area contributed by atoms with Gasteiger partial charge in [0.1, 0.15) is 5.56 Å². The van der Waals surface area contributed by atoms with E-state index in [1.54, 1.807) is 17.0 Å². The smallest absolute Gasteiger partial charge is 0.282 e. The van der Waals surface area contributed by atoms with Crippen molar-refractivity contribution in [1.82, 2.24) is 4.90 Å². The summed E-state index contributed by atoms with van der Waals surface area (Å²) >= 11 is 0. The Bertz CT molecular complexity index is 509. The minimum absolute atomic E-state index is 0. The van der Waals surface area contributed by atoms with Crippen LogP contribution in [0, 0.1) is 16.0 Å². The summed E-state index contributed by atoms with van der Waals surface area (Å²) in [5.74, 6) is -0.0773. The molecule has 1 aliphatic heterocycles. The number of carbonyl (C=O) groups excluding carboxylic acids is 1. The molecule has 7 heteroatoms. The molecule has 2 N–H and O–H groups in total. The maximum atomic E-state index is 12.4. The molecule has 1 aromatic rings. The highest BCUT2D eigenvalue weighted by atomic mass is 35.5. The van der Waals surface area contributed by atoms with Gasteiger partial charge in [-0.25, -0.2) is 0 Å². The Morgan fingerprint density at radius 1 is 1.45 bits per heavy atom. The van der Waals surface area contributed by atoms with Crippen molar-refractivity contribution >= 4 is 24.0 Å². The number of hydrogen-bond donors (Lipinski definition) is 1. The van der Waals surface area contributed by atoms with Crippen LogP contribution in [-0.2, 0) is 0 Å². The van der Waals surface area contributed by atoms with Crippen molar-refractivity contribution in [2.45, 2.75) is 19.4 Å². The van der Waals surface area contributed by atoms with Crippen LogP contribution in [0.5, 0.6) is 0 Å². The SMILES string of the molecule is CC1CN(C(=O)c2ccccc2[N+](=O)[O-])CCC1N.Cl. The molecule has 0 bridgehead atoms. The Morgan fingerprint density at radius 3 is 2.70 bits per heavy atom. The van der Waals surface area contributed by atoms with Gasteiger partial charge in [-0.2, -0.15) is 0 Å². The first-order chi connectivity index (χ1) is 9.00. The Kier molecular flexibility index (Phi) is 5.47. The molecule has 0 aromatic heterocycles. The number of likely N-dealkylation sites (tertiary alicyclic amines) is 1. The molecular formula is C13H18ClN3O3. The molecule has 1 fully saturated rings. The molecule has 0 radical (unpaired) electrons. The Hall–Kier alpha value is -1.66. The van der Waals surface area contributed by atoms with Crippen molar-refractivity contribution in [1.29, 1.82) is 0 Å². The van der Waals surface area contributed by atoms with Crippen LogP contribution in [0.15, 0.2) is 24.3 Å². The lowest BCUT2D eigenvalue weighted by Gasteiger charge is -2.35. The lowest BCUT2D eigenvalue weighted by atomic mass is 9.94. The molecular weight excluding hydrogens is 282 g/mol. The average Bonchev–Trinajstić information content (AvgIpc) is 2.41. The maximum absolute atomic E-state index is 12.4. The van der Waals surface area contributed by atoms with E-state index in [1.165, 1.54) is 12.1 Å². The molecule has 0 aliphatic carbocycles. The number of rotatable bonds is 2. The van der Waals surface area contributed by atoms with Gasteiger partial charge >= 0.3 is 0 Å². The predicted octanol–water partition coefficient (Wildman–Crippen LogP) is 1.83. The zero-order valence-corrected chi connectivity index (χ0v) is 12.0. The summed E-state index contributed by atoms with van der Waals surface area (Å²) in [4.78, 5) is 24.4. The van der Waals surface area contributed by atoms with E-state index in [0.29, 0.717) is 13.1 Å². The highest BCUT2D eigenvalue weighted by Crippen LogP contribution is 2.22. The van der Waals surface area contributed by atoms with Gasteiger partial charge in [0.15, 0.2) is 0 Å². The van der Waals surface area contributed by atoms with Crippen LogP contribution >= 0.6 is 12.4 Å². The van der Waals surface area contributed by atoms with Gasteiger partial charge in [0.25, 0.3) is 11.6 Å². The number of amides is 1. The molecule has 1 amide bonds. The van der Waals surface area contributed by atoms with Gasteiger partial charge in [0.2, 0.25) is 0 Å². The summed E-state index contributed by atoms with van der Waals surface area (Å²) in [6.07, 6.45) is 0.730. The molecule has 20 heavy (non-hydrogen) atoms. The third-order valence-electron chi connectivity index (χ3n) is 3.59. The van der Waals surface area contributed by atoms with E-state index in [2.05, 4.69) is 0 Å². The summed E-state index contributed by atoms with van der Waals surface area (Å²) in [7, 11) is 0. The van der Waals surface area contributed by atoms with Crippen molar-refractivity contribution in [3.8, 4) is 0 Å². The molecule has 6 nitrogen and oxygen atoms in total. The third-order valence-corrected chi connectivity index (χ3v) is 3.59. The van der Waals surface area contributed by atoms with Crippen molar-refractivity contribution < 1.29 is 9.72 Å². The molecule has 2 atom stereocenters. The molecule has 2 unspecified atom stereocenters. The normalized spacial score (nSPS) is 22.0. The van der Waals surface area contributed by atoms with Crippen molar-refractivity contribution in [2.24, 2.45) is 11.7 Å². The number of piperidine rings is 1. The highest BCUT2D eigenvalue weighted by molar-refractivity contribution is 5.98. The van der Waals surface area contributed by atoms with Gasteiger partial charge in [-0.3, -0.25) is 14.9 Å². The fraction of sp³-hybridized carbons (Fsp3) is 0.462. The van der Waals surface area contributed by atoms with Crippen molar-refractivity contribution in [2.75, 3.05) is 13.1 Å². The number of halogens is 1. The molecule has 110 valence electrons. The first-order valence-electron chi connectivity index (χ1n) is 6.29. The zero-order chi connectivity index (χ0) is 14.0. The topological polar surface area (TPSA) is 89.5 Å². The van der Waals surface area contributed by atoms with Crippen LogP contribution in [0.25, 0.3) is 0 Å². The lowest BCUT2D eigenvalue weighted by Crippen LogP contribution is -2.48. The zero-order valence-electron chi connectivity index (χ0n) is 11.2. The molecule has 0 spiro atoms. The third kappa shape index (κ3) is 3.26. The second-order valence-electron chi connectivity index (χ2n) is 4.96. The lowest BCUT2D eigenvalue weighted by molar-refractivity contribution is -0.385. The van der Waals surface area contributed by atoms with E-state index in [4.69, 9.17) is 5.73 Å². The Labute approximate surface area is 123 Å². The highest BCUT2D eigenvalue weighted by Gasteiger charge is 2.29. The minimum atomic E-state index is -0.521. The fourth-order valence-electron chi connectivity index (χ4n) is 2.33. The van der Waals surface area contributed by atoms with Gasteiger partial charge in [0, 0.05) is 25.2 Å². The van der Waals surface area contributed by atoms with E-state index in [9.17, 15) is 14.9 Å². The van der Waals surface area contributed by atoms with Gasteiger partial charge in [-0.15, -0.1) is 12.4 Å². The average molecular weight is 300 g/mol. The molecule has 0 saturated carbocycles. The second-order valence-corrected chi connectivity index (χ2v) is 4.96. The fourth-order valence-corrected chi connectivity index (χ4v) is 2.33. The summed E-state index contributed by atoms with van der Waals surface area (Å²) in [5, 5.41) is 10.9. The van der Waals surface area contributed by atoms with E-state index < -0.39 is 4.92 Å². The van der Waals surface area contributed by atoms with Crippen LogP contribution in [0.3, 0.4) is 0 Å². The van der Waals surface area contributed by atoms with Crippen LogP contribution in [-0.4, -0.2) is 34.9 Å². The quantitative estimate of drug-likeness (QED) is 0.666. The Morgan fingerprint density at radius 2 is 2.10 bits per heavy atom. The van der Waals surface area contributed by atoms with Crippen molar-refractivity contribution in [3.05, 3.63) is 39.9 Å². The number of benzene rings is 1. The number of hydrogen-bond acceptors (Lipinski definition) is 4. The number of para-hydroxylation sites is 1. The summed E-state index contributed by atoms with van der Waals surface area (Å²) < 4.78 is 0. The molecule has 1 heterocycles. The van der Waals surface area contributed by atoms with Gasteiger partial charge in [-0.05, 0) is 18.4 Å². The monoisotopic (exact) mass is 299 g/mol. The largest absolute Gasteiger partial charge is 0.338 e. The van der Waals surface area contributed by atoms with Crippen molar-refractivity contribution in [3.63, 3.8) is 0 Å². The summed E-state index contributed by atoms with van der Waals surface area (Å²) in [6, 6.07) is 6.14. The minimum Gasteiger partial charge on any atom is -0.338 e. The standard InChI is InChI=1S/C13H17N3O3.ClH/c1-9-8-15(7-6-11(9)14)13(17)10-4-2-3-5-12(10)16(18)19;/h2-5,9,11H,6-8,14H2,1H3;1H. The molecule has 1 aliphatic rings. The summed E-state index contributed by atoms with van der Waals surface area (Å²) in [6.45, 7) is 3.09. The van der Waals surface area contributed by atoms with Gasteiger partial charge < -0.3 is 10.6 Å². The van der Waals surface area contributed by atoms with Crippen LogP contribution in [0.2, 0.25) is 0 Å². The van der Waals surface area contributed by atoms with E-state index in [1.807, 2.05) is 6.92 Å². The first-order valence-corrected chi connectivity index (χ1v) is 6.29. The molecule has 1 saturated heterocycles.